The molecule has 1 rings (SSSR count). The Morgan fingerprint density at radius 3 is 3.33 bits per heavy atom. The summed E-state index contributed by atoms with van der Waals surface area (Å²) in [6.07, 6.45) is 3.05. The molecule has 12 heavy (non-hydrogen) atoms. The van der Waals surface area contributed by atoms with Crippen LogP contribution in [0.1, 0.15) is 5.76 Å². The van der Waals surface area contributed by atoms with Crippen LogP contribution in [0.15, 0.2) is 28.0 Å². The van der Waals surface area contributed by atoms with Crippen molar-refractivity contribution in [1.29, 1.82) is 0 Å². The first-order chi connectivity index (χ1) is 5.93. The first kappa shape index (κ1) is 8.88. The van der Waals surface area contributed by atoms with Crippen LogP contribution in [0.4, 0.5) is 0 Å². The predicted molar refractivity (Wildman–Crippen MR) is 49.0 cm³/mol. The summed E-state index contributed by atoms with van der Waals surface area (Å²) in [4.78, 5) is 7.25. The largest absolute Gasteiger partial charge is 0.463 e. The molecule has 0 aliphatic carbocycles. The number of oxime groups is 1. The van der Waals surface area contributed by atoms with E-state index >= 15 is 0 Å². The van der Waals surface area contributed by atoms with Crippen molar-refractivity contribution in [2.45, 2.75) is 0 Å². The van der Waals surface area contributed by atoms with Crippen LogP contribution in [0, 0.1) is 10.8 Å². The summed E-state index contributed by atoms with van der Waals surface area (Å²) in [6, 6.07) is 3.56. The van der Waals surface area contributed by atoms with Crippen LogP contribution in [0.3, 0.4) is 0 Å². The van der Waals surface area contributed by atoms with E-state index in [2.05, 4.69) is 31.8 Å². The van der Waals surface area contributed by atoms with Crippen LogP contribution < -0.4 is 0 Å². The van der Waals surface area contributed by atoms with Crippen molar-refractivity contribution in [2.24, 2.45) is 5.16 Å². The topological polar surface area (TPSA) is 34.7 Å². The molecule has 1 aromatic heterocycles. The Kier molecular flexibility index (Phi) is 4.03. The molecule has 0 saturated heterocycles. The number of rotatable bonds is 3. The molecule has 62 valence electrons. The van der Waals surface area contributed by atoms with E-state index < -0.39 is 0 Å². The molecule has 3 nitrogen and oxygen atoms in total. The normalized spacial score (nSPS) is 9.42. The number of nitrogens with zero attached hydrogens (tertiary/aromatic N) is 1. The Labute approximate surface area is 78.5 Å². The summed E-state index contributed by atoms with van der Waals surface area (Å²) in [6.45, 7) is 0.266. The van der Waals surface area contributed by atoms with E-state index in [1.165, 1.54) is 6.21 Å². The van der Waals surface area contributed by atoms with Gasteiger partial charge in [0.05, 0.1) is 6.26 Å². The van der Waals surface area contributed by atoms with Crippen LogP contribution in [0.5, 0.6) is 0 Å². The second-order valence-electron chi connectivity index (χ2n) is 1.79. The van der Waals surface area contributed by atoms with Crippen molar-refractivity contribution in [2.75, 3.05) is 6.61 Å². The van der Waals surface area contributed by atoms with Gasteiger partial charge >= 0.3 is 0 Å². The van der Waals surface area contributed by atoms with E-state index in [9.17, 15) is 0 Å². The van der Waals surface area contributed by atoms with Gasteiger partial charge in [-0.1, -0.05) is 5.16 Å². The average molecular weight is 228 g/mol. The smallest absolute Gasteiger partial charge is 0.178 e. The number of halogens is 1. The maximum absolute atomic E-state index is 4.97. The highest BCUT2D eigenvalue weighted by Crippen LogP contribution is 1.94. The third kappa shape index (κ3) is 3.26. The summed E-state index contributed by atoms with van der Waals surface area (Å²) < 4.78 is 4.97. The molecule has 0 aliphatic heterocycles. The average Bonchev–Trinajstić information content (AvgIpc) is 2.57. The zero-order valence-electron chi connectivity index (χ0n) is 6.16. The van der Waals surface area contributed by atoms with Crippen molar-refractivity contribution < 1.29 is 9.25 Å². The summed E-state index contributed by atoms with van der Waals surface area (Å²) in [5.41, 5.74) is 0. The van der Waals surface area contributed by atoms with Gasteiger partial charge in [-0.15, -0.1) is 0 Å². The highest BCUT2D eigenvalue weighted by molar-refractivity contribution is 9.12. The molecule has 1 aromatic rings. The fourth-order valence-electron chi connectivity index (χ4n) is 0.551. The van der Waals surface area contributed by atoms with Crippen LogP contribution in [-0.4, -0.2) is 12.8 Å². The van der Waals surface area contributed by atoms with Crippen LogP contribution in [-0.2, 0) is 4.84 Å². The van der Waals surface area contributed by atoms with E-state index in [1.54, 1.807) is 18.4 Å². The molecular formula is C8H6BrNO2. The third-order valence-corrected chi connectivity index (χ3v) is 1.28. The van der Waals surface area contributed by atoms with Gasteiger partial charge in [0.2, 0.25) is 0 Å². The van der Waals surface area contributed by atoms with Crippen molar-refractivity contribution in [1.82, 2.24) is 0 Å². The van der Waals surface area contributed by atoms with Gasteiger partial charge in [0.1, 0.15) is 12.0 Å². The molecule has 0 amide bonds. The zero-order valence-corrected chi connectivity index (χ0v) is 7.74. The van der Waals surface area contributed by atoms with Crippen LogP contribution in [0.25, 0.3) is 0 Å². The molecule has 0 unspecified atom stereocenters. The maximum atomic E-state index is 4.97. The molecule has 0 saturated carbocycles. The molecule has 0 spiro atoms. The summed E-state index contributed by atoms with van der Waals surface area (Å²) >= 11 is 2.93. The molecule has 0 aromatic carbocycles. The fourth-order valence-corrected chi connectivity index (χ4v) is 0.665. The molecule has 4 heteroatoms. The molecule has 0 radical (unpaired) electrons. The first-order valence-corrected chi connectivity index (χ1v) is 4.00. The van der Waals surface area contributed by atoms with Gasteiger partial charge in [0.25, 0.3) is 0 Å². The Morgan fingerprint density at radius 1 is 1.75 bits per heavy atom. The van der Waals surface area contributed by atoms with E-state index in [0.29, 0.717) is 5.76 Å². The van der Waals surface area contributed by atoms with Crippen molar-refractivity contribution >= 4 is 22.1 Å². The molecule has 1 heterocycles. The van der Waals surface area contributed by atoms with Crippen LogP contribution in [0.2, 0.25) is 0 Å². The van der Waals surface area contributed by atoms with Gasteiger partial charge in [-0.2, -0.15) is 0 Å². The van der Waals surface area contributed by atoms with Gasteiger partial charge in [0, 0.05) is 15.9 Å². The van der Waals surface area contributed by atoms with E-state index in [1.807, 2.05) is 0 Å². The van der Waals surface area contributed by atoms with Gasteiger partial charge in [-0.05, 0) is 22.9 Å². The van der Waals surface area contributed by atoms with E-state index in [-0.39, 0.29) is 6.61 Å². The summed E-state index contributed by atoms with van der Waals surface area (Å²) in [7, 11) is 0. The lowest BCUT2D eigenvalue weighted by molar-refractivity contribution is 0.181. The minimum absolute atomic E-state index is 0.266. The minimum atomic E-state index is 0.266. The highest BCUT2D eigenvalue weighted by Gasteiger charge is 1.86. The van der Waals surface area contributed by atoms with Gasteiger partial charge in [-0.3, -0.25) is 0 Å². The van der Waals surface area contributed by atoms with Gasteiger partial charge in [-0.25, -0.2) is 0 Å². The Morgan fingerprint density at radius 2 is 2.67 bits per heavy atom. The second kappa shape index (κ2) is 5.44. The Balaban J connectivity index is 2.26. The summed E-state index contributed by atoms with van der Waals surface area (Å²) in [5, 5.41) is 3.61. The molecule has 0 bridgehead atoms. The molecule has 0 atom stereocenters. The first-order valence-electron chi connectivity index (χ1n) is 3.21. The molecular weight excluding hydrogens is 222 g/mol. The molecule has 0 N–H and O–H groups in total. The van der Waals surface area contributed by atoms with Gasteiger partial charge in [0.15, 0.2) is 6.61 Å². The number of hydrogen-bond donors (Lipinski definition) is 0. The minimum Gasteiger partial charge on any atom is -0.463 e. The van der Waals surface area contributed by atoms with Crippen LogP contribution >= 0.6 is 15.9 Å². The molecule has 0 fully saturated rings. The lowest BCUT2D eigenvalue weighted by Gasteiger charge is -1.87. The standard InChI is InChI=1S/C8H6BrNO2/c9-4-2-6-12-10-7-8-3-1-5-11-8/h1,3,5,7H,6H2/b10-7+. The number of furan rings is 1. The SMILES string of the molecule is BrC#CCO/N=C/c1ccco1. The number of hydrogen-bond acceptors (Lipinski definition) is 3. The fraction of sp³-hybridized carbons (Fsp3) is 0.125. The Hall–Kier alpha value is -1.21. The lowest BCUT2D eigenvalue weighted by Crippen LogP contribution is -1.83. The van der Waals surface area contributed by atoms with Crippen molar-refractivity contribution in [3.63, 3.8) is 0 Å². The lowest BCUT2D eigenvalue weighted by atomic mass is 10.5. The van der Waals surface area contributed by atoms with E-state index in [4.69, 9.17) is 9.25 Å². The van der Waals surface area contributed by atoms with Gasteiger partial charge < -0.3 is 9.25 Å². The zero-order chi connectivity index (χ0) is 8.65. The Bertz CT molecular complexity index is 295. The molecule has 0 aliphatic rings. The second-order valence-corrected chi connectivity index (χ2v) is 2.19. The third-order valence-electron chi connectivity index (χ3n) is 1.00. The maximum Gasteiger partial charge on any atom is 0.178 e. The van der Waals surface area contributed by atoms with Crippen molar-refractivity contribution in [3.8, 4) is 10.8 Å². The van der Waals surface area contributed by atoms with Crippen molar-refractivity contribution in [3.05, 3.63) is 24.2 Å². The highest BCUT2D eigenvalue weighted by atomic mass is 79.9. The predicted octanol–water partition coefficient (Wildman–Crippen LogP) is 1.99. The van der Waals surface area contributed by atoms with E-state index in [0.717, 1.165) is 0 Å². The monoisotopic (exact) mass is 227 g/mol. The quantitative estimate of drug-likeness (QED) is 0.343. The summed E-state index contributed by atoms with van der Waals surface area (Å²) in [5.74, 6) is 3.28.